The first kappa shape index (κ1) is 20.5. The normalized spacial score (nSPS) is 14.6. The fraction of sp³-hybridized carbons (Fsp3) is 0.556. The van der Waals surface area contributed by atoms with Crippen LogP contribution in [-0.2, 0) is 16.1 Å². The van der Waals surface area contributed by atoms with Crippen LogP contribution >= 0.6 is 12.4 Å². The number of hydrogen-bond acceptors (Lipinski definition) is 3. The van der Waals surface area contributed by atoms with Crippen LogP contribution in [0.2, 0.25) is 0 Å². The molecule has 2 rings (SSSR count). The molecule has 5 nitrogen and oxygen atoms in total. The number of nitrogens with zero attached hydrogens (tertiary/aromatic N) is 2. The SMILES string of the molecule is CC(=O)N(CCC(=O)N(C)C1CCNCC1)Cc1ccccc1.Cl. The molecule has 0 bridgehead atoms. The van der Waals surface area contributed by atoms with Crippen molar-refractivity contribution in [3.63, 3.8) is 0 Å². The molecular formula is C18H28ClN3O2. The lowest BCUT2D eigenvalue weighted by molar-refractivity contribution is -0.134. The van der Waals surface area contributed by atoms with Crippen molar-refractivity contribution >= 4 is 24.2 Å². The van der Waals surface area contributed by atoms with Crippen LogP contribution in [0.4, 0.5) is 0 Å². The van der Waals surface area contributed by atoms with Crippen molar-refractivity contribution in [2.24, 2.45) is 0 Å². The van der Waals surface area contributed by atoms with Gasteiger partial charge in [0.2, 0.25) is 11.8 Å². The average molecular weight is 354 g/mol. The number of hydrogen-bond donors (Lipinski definition) is 1. The summed E-state index contributed by atoms with van der Waals surface area (Å²) < 4.78 is 0. The number of amides is 2. The number of benzene rings is 1. The Balaban J connectivity index is 0.00000288. The molecule has 0 aliphatic carbocycles. The fourth-order valence-electron chi connectivity index (χ4n) is 2.96. The average Bonchev–Trinajstić information content (AvgIpc) is 2.59. The highest BCUT2D eigenvalue weighted by Crippen LogP contribution is 2.12. The van der Waals surface area contributed by atoms with Gasteiger partial charge in [-0.1, -0.05) is 30.3 Å². The van der Waals surface area contributed by atoms with E-state index in [2.05, 4.69) is 5.32 Å². The Morgan fingerprint density at radius 2 is 1.79 bits per heavy atom. The molecule has 0 saturated carbocycles. The second-order valence-corrected chi connectivity index (χ2v) is 6.16. The Hall–Kier alpha value is -1.59. The summed E-state index contributed by atoms with van der Waals surface area (Å²) in [6, 6.07) is 10.2. The first-order valence-electron chi connectivity index (χ1n) is 8.33. The zero-order chi connectivity index (χ0) is 16.7. The maximum atomic E-state index is 12.4. The van der Waals surface area contributed by atoms with Gasteiger partial charge in [0.05, 0.1) is 0 Å². The van der Waals surface area contributed by atoms with E-state index in [1.165, 1.54) is 0 Å². The number of carbonyl (C=O) groups excluding carboxylic acids is 2. The maximum Gasteiger partial charge on any atom is 0.224 e. The van der Waals surface area contributed by atoms with Crippen molar-refractivity contribution < 1.29 is 9.59 Å². The molecule has 1 aromatic rings. The molecule has 24 heavy (non-hydrogen) atoms. The largest absolute Gasteiger partial charge is 0.343 e. The summed E-state index contributed by atoms with van der Waals surface area (Å²) in [4.78, 5) is 27.8. The number of nitrogens with one attached hydrogen (secondary N) is 1. The van der Waals surface area contributed by atoms with Crippen molar-refractivity contribution in [3.05, 3.63) is 35.9 Å². The minimum absolute atomic E-state index is 0. The Morgan fingerprint density at radius 3 is 2.38 bits per heavy atom. The first-order valence-corrected chi connectivity index (χ1v) is 8.33. The van der Waals surface area contributed by atoms with Crippen LogP contribution in [0.3, 0.4) is 0 Å². The highest BCUT2D eigenvalue weighted by atomic mass is 35.5. The molecule has 0 radical (unpaired) electrons. The molecule has 1 N–H and O–H groups in total. The Morgan fingerprint density at radius 1 is 1.17 bits per heavy atom. The quantitative estimate of drug-likeness (QED) is 0.851. The van der Waals surface area contributed by atoms with Gasteiger partial charge < -0.3 is 15.1 Å². The molecule has 1 heterocycles. The summed E-state index contributed by atoms with van der Waals surface area (Å²) in [5.74, 6) is 0.127. The first-order chi connectivity index (χ1) is 11.1. The van der Waals surface area contributed by atoms with Gasteiger partial charge in [-0.05, 0) is 31.5 Å². The van der Waals surface area contributed by atoms with Crippen LogP contribution in [0.15, 0.2) is 30.3 Å². The van der Waals surface area contributed by atoms with E-state index >= 15 is 0 Å². The third-order valence-corrected chi connectivity index (χ3v) is 4.51. The molecule has 0 aromatic heterocycles. The van der Waals surface area contributed by atoms with Crippen LogP contribution in [0.5, 0.6) is 0 Å². The molecule has 134 valence electrons. The van der Waals surface area contributed by atoms with Gasteiger partial charge in [0.1, 0.15) is 0 Å². The van der Waals surface area contributed by atoms with Gasteiger partial charge in [0.15, 0.2) is 0 Å². The summed E-state index contributed by atoms with van der Waals surface area (Å²) in [6.07, 6.45) is 2.39. The van der Waals surface area contributed by atoms with Crippen molar-refractivity contribution in [2.75, 3.05) is 26.7 Å². The van der Waals surface area contributed by atoms with Gasteiger partial charge >= 0.3 is 0 Å². The lowest BCUT2D eigenvalue weighted by Gasteiger charge is -2.32. The van der Waals surface area contributed by atoms with E-state index in [1.807, 2.05) is 42.3 Å². The van der Waals surface area contributed by atoms with Gasteiger partial charge in [-0.2, -0.15) is 0 Å². The number of rotatable bonds is 6. The van der Waals surface area contributed by atoms with Crippen molar-refractivity contribution in [2.45, 2.75) is 38.8 Å². The lowest BCUT2D eigenvalue weighted by Crippen LogP contribution is -2.44. The molecule has 2 amide bonds. The topological polar surface area (TPSA) is 52.7 Å². The molecule has 6 heteroatoms. The van der Waals surface area contributed by atoms with Gasteiger partial charge in [0, 0.05) is 39.5 Å². The van der Waals surface area contributed by atoms with Crippen molar-refractivity contribution in [1.82, 2.24) is 15.1 Å². The van der Waals surface area contributed by atoms with Crippen LogP contribution in [-0.4, -0.2) is 54.3 Å². The van der Waals surface area contributed by atoms with Crippen LogP contribution in [0.25, 0.3) is 0 Å². The third kappa shape index (κ3) is 6.13. The van der Waals surface area contributed by atoms with E-state index in [0.717, 1.165) is 31.5 Å². The molecule has 0 atom stereocenters. The molecule has 0 unspecified atom stereocenters. The summed E-state index contributed by atoms with van der Waals surface area (Å²) >= 11 is 0. The standard InChI is InChI=1S/C18H27N3O2.ClH/c1-15(22)21(14-16-6-4-3-5-7-16)13-10-18(23)20(2)17-8-11-19-12-9-17;/h3-7,17,19H,8-14H2,1-2H3;1H. The highest BCUT2D eigenvalue weighted by molar-refractivity contribution is 5.85. The third-order valence-electron chi connectivity index (χ3n) is 4.51. The van der Waals surface area contributed by atoms with Gasteiger partial charge in [-0.15, -0.1) is 12.4 Å². The monoisotopic (exact) mass is 353 g/mol. The molecule has 1 fully saturated rings. The van der Waals surface area contributed by atoms with E-state index in [-0.39, 0.29) is 24.2 Å². The van der Waals surface area contributed by atoms with Crippen molar-refractivity contribution in [1.29, 1.82) is 0 Å². The number of carbonyl (C=O) groups is 2. The van der Waals surface area contributed by atoms with Gasteiger partial charge in [-0.3, -0.25) is 9.59 Å². The van der Waals surface area contributed by atoms with Crippen LogP contribution < -0.4 is 5.32 Å². The molecule has 1 aromatic carbocycles. The molecule has 1 aliphatic rings. The predicted molar refractivity (Wildman–Crippen MR) is 98.1 cm³/mol. The second-order valence-electron chi connectivity index (χ2n) is 6.16. The van der Waals surface area contributed by atoms with E-state index in [4.69, 9.17) is 0 Å². The van der Waals surface area contributed by atoms with Crippen LogP contribution in [0, 0.1) is 0 Å². The second kappa shape index (κ2) is 10.3. The molecule has 0 spiro atoms. The minimum atomic E-state index is 0. The Kier molecular flexibility index (Phi) is 8.79. The minimum Gasteiger partial charge on any atom is -0.343 e. The number of halogens is 1. The molecule has 1 aliphatic heterocycles. The zero-order valence-electron chi connectivity index (χ0n) is 14.5. The van der Waals surface area contributed by atoms with Crippen molar-refractivity contribution in [3.8, 4) is 0 Å². The smallest absolute Gasteiger partial charge is 0.224 e. The fourth-order valence-corrected chi connectivity index (χ4v) is 2.96. The van der Waals surface area contributed by atoms with Gasteiger partial charge in [-0.25, -0.2) is 0 Å². The van der Waals surface area contributed by atoms with Crippen LogP contribution in [0.1, 0.15) is 31.7 Å². The molecule has 1 saturated heterocycles. The summed E-state index contributed by atoms with van der Waals surface area (Å²) in [7, 11) is 1.88. The maximum absolute atomic E-state index is 12.4. The van der Waals surface area contributed by atoms with E-state index in [0.29, 0.717) is 25.6 Å². The molecular weight excluding hydrogens is 326 g/mol. The Labute approximate surface area is 150 Å². The van der Waals surface area contributed by atoms with E-state index in [1.54, 1.807) is 11.8 Å². The predicted octanol–water partition coefficient (Wildman–Crippen LogP) is 2.06. The summed E-state index contributed by atoms with van der Waals surface area (Å²) in [5.41, 5.74) is 1.09. The highest BCUT2D eigenvalue weighted by Gasteiger charge is 2.22. The lowest BCUT2D eigenvalue weighted by atomic mass is 10.1. The van der Waals surface area contributed by atoms with E-state index in [9.17, 15) is 9.59 Å². The summed E-state index contributed by atoms with van der Waals surface area (Å²) in [6.45, 7) is 4.52. The van der Waals surface area contributed by atoms with Gasteiger partial charge in [0.25, 0.3) is 0 Å². The van der Waals surface area contributed by atoms with E-state index < -0.39 is 0 Å². The summed E-state index contributed by atoms with van der Waals surface area (Å²) in [5, 5.41) is 3.31. The number of piperidine rings is 1. The zero-order valence-corrected chi connectivity index (χ0v) is 15.3. The Bertz CT molecular complexity index is 518.